The average molecular weight is 235 g/mol. The lowest BCUT2D eigenvalue weighted by Crippen LogP contribution is -2.20. The summed E-state index contributed by atoms with van der Waals surface area (Å²) in [4.78, 5) is 4.56. The molecule has 0 atom stereocenters. The molecule has 0 amide bonds. The first kappa shape index (κ1) is 14.0. The molecule has 0 aromatic carbocycles. The molecular formula is C14H25N3. The topological polar surface area (TPSA) is 37.0 Å². The molecule has 0 aliphatic heterocycles. The Morgan fingerprint density at radius 3 is 2.41 bits per heavy atom. The summed E-state index contributed by atoms with van der Waals surface area (Å²) in [5.41, 5.74) is 2.38. The maximum absolute atomic E-state index is 4.56. The number of hydrogen-bond acceptors (Lipinski definition) is 3. The summed E-state index contributed by atoms with van der Waals surface area (Å²) >= 11 is 0. The van der Waals surface area contributed by atoms with Crippen molar-refractivity contribution in [2.24, 2.45) is 5.92 Å². The fourth-order valence-electron chi connectivity index (χ4n) is 1.65. The van der Waals surface area contributed by atoms with Gasteiger partial charge in [0.1, 0.15) is 5.82 Å². The summed E-state index contributed by atoms with van der Waals surface area (Å²) in [5.74, 6) is 1.65. The SMILES string of the molecule is Cc1nc(NC(C)C)ccc1CNCC(C)C. The van der Waals surface area contributed by atoms with Gasteiger partial charge in [-0.25, -0.2) is 4.98 Å². The van der Waals surface area contributed by atoms with Crippen molar-refractivity contribution in [3.63, 3.8) is 0 Å². The number of hydrogen-bond donors (Lipinski definition) is 2. The van der Waals surface area contributed by atoms with Gasteiger partial charge in [-0.05, 0) is 44.9 Å². The van der Waals surface area contributed by atoms with Crippen LogP contribution in [-0.2, 0) is 6.54 Å². The van der Waals surface area contributed by atoms with E-state index < -0.39 is 0 Å². The highest BCUT2D eigenvalue weighted by atomic mass is 15.0. The molecule has 96 valence electrons. The first-order valence-electron chi connectivity index (χ1n) is 6.42. The molecule has 1 heterocycles. The number of nitrogens with one attached hydrogen (secondary N) is 2. The second kappa shape index (κ2) is 6.60. The molecular weight excluding hydrogens is 210 g/mol. The van der Waals surface area contributed by atoms with E-state index in [1.165, 1.54) is 5.56 Å². The van der Waals surface area contributed by atoms with E-state index in [9.17, 15) is 0 Å². The van der Waals surface area contributed by atoms with Crippen molar-refractivity contribution < 1.29 is 0 Å². The Kier molecular flexibility index (Phi) is 5.42. The van der Waals surface area contributed by atoms with Crippen LogP contribution in [0.3, 0.4) is 0 Å². The van der Waals surface area contributed by atoms with Gasteiger partial charge in [-0.3, -0.25) is 0 Å². The van der Waals surface area contributed by atoms with Gasteiger partial charge < -0.3 is 10.6 Å². The van der Waals surface area contributed by atoms with Crippen molar-refractivity contribution in [2.45, 2.75) is 47.2 Å². The van der Waals surface area contributed by atoms with Gasteiger partial charge in [-0.1, -0.05) is 19.9 Å². The monoisotopic (exact) mass is 235 g/mol. The fraction of sp³-hybridized carbons (Fsp3) is 0.643. The van der Waals surface area contributed by atoms with Crippen LogP contribution in [0, 0.1) is 12.8 Å². The smallest absolute Gasteiger partial charge is 0.126 e. The van der Waals surface area contributed by atoms with Gasteiger partial charge in [-0.15, -0.1) is 0 Å². The van der Waals surface area contributed by atoms with Crippen LogP contribution in [0.1, 0.15) is 39.0 Å². The molecule has 1 rings (SSSR count). The van der Waals surface area contributed by atoms with Crippen LogP contribution in [0.2, 0.25) is 0 Å². The van der Waals surface area contributed by atoms with Gasteiger partial charge in [-0.2, -0.15) is 0 Å². The van der Waals surface area contributed by atoms with Gasteiger partial charge >= 0.3 is 0 Å². The van der Waals surface area contributed by atoms with Crippen LogP contribution in [0.15, 0.2) is 12.1 Å². The van der Waals surface area contributed by atoms with Crippen molar-refractivity contribution in [3.8, 4) is 0 Å². The van der Waals surface area contributed by atoms with E-state index in [1.807, 2.05) is 0 Å². The Morgan fingerprint density at radius 2 is 1.88 bits per heavy atom. The van der Waals surface area contributed by atoms with E-state index >= 15 is 0 Å². The number of rotatable bonds is 6. The van der Waals surface area contributed by atoms with E-state index in [0.29, 0.717) is 12.0 Å². The van der Waals surface area contributed by atoms with E-state index in [2.05, 4.69) is 62.4 Å². The third-order valence-corrected chi connectivity index (χ3v) is 2.50. The minimum Gasteiger partial charge on any atom is -0.368 e. The van der Waals surface area contributed by atoms with Gasteiger partial charge in [0.2, 0.25) is 0 Å². The zero-order valence-electron chi connectivity index (χ0n) is 11.7. The second-order valence-corrected chi connectivity index (χ2v) is 5.26. The molecule has 2 N–H and O–H groups in total. The molecule has 0 aliphatic carbocycles. The molecule has 0 unspecified atom stereocenters. The van der Waals surface area contributed by atoms with Crippen molar-refractivity contribution in [1.29, 1.82) is 0 Å². The number of anilines is 1. The Labute approximate surface area is 105 Å². The molecule has 0 spiro atoms. The van der Waals surface area contributed by atoms with Gasteiger partial charge in [0.15, 0.2) is 0 Å². The second-order valence-electron chi connectivity index (χ2n) is 5.26. The molecule has 0 fully saturated rings. The minimum atomic E-state index is 0.423. The van der Waals surface area contributed by atoms with E-state index in [1.54, 1.807) is 0 Å². The quantitative estimate of drug-likeness (QED) is 0.796. The highest BCUT2D eigenvalue weighted by Gasteiger charge is 2.03. The maximum atomic E-state index is 4.56. The molecule has 0 bridgehead atoms. The van der Waals surface area contributed by atoms with Crippen LogP contribution in [0.5, 0.6) is 0 Å². The zero-order valence-corrected chi connectivity index (χ0v) is 11.7. The molecule has 1 aromatic heterocycles. The molecule has 0 radical (unpaired) electrons. The number of nitrogens with zero attached hydrogens (tertiary/aromatic N) is 1. The van der Waals surface area contributed by atoms with E-state index in [-0.39, 0.29) is 0 Å². The lowest BCUT2D eigenvalue weighted by Gasteiger charge is -2.13. The minimum absolute atomic E-state index is 0.423. The zero-order chi connectivity index (χ0) is 12.8. The van der Waals surface area contributed by atoms with Gasteiger partial charge in [0.25, 0.3) is 0 Å². The van der Waals surface area contributed by atoms with Crippen LogP contribution >= 0.6 is 0 Å². The highest BCUT2D eigenvalue weighted by molar-refractivity contribution is 5.39. The third-order valence-electron chi connectivity index (χ3n) is 2.50. The van der Waals surface area contributed by atoms with Crippen LogP contribution in [0.4, 0.5) is 5.82 Å². The predicted octanol–water partition coefficient (Wildman–Crippen LogP) is 2.96. The van der Waals surface area contributed by atoms with Crippen LogP contribution < -0.4 is 10.6 Å². The van der Waals surface area contributed by atoms with Gasteiger partial charge in [0.05, 0.1) is 0 Å². The molecule has 0 saturated carbocycles. The van der Waals surface area contributed by atoms with Crippen LogP contribution in [0.25, 0.3) is 0 Å². The molecule has 3 nitrogen and oxygen atoms in total. The normalized spacial score (nSPS) is 11.2. The Hall–Kier alpha value is -1.09. The molecule has 1 aromatic rings. The summed E-state index contributed by atoms with van der Waals surface area (Å²) in [6.07, 6.45) is 0. The Morgan fingerprint density at radius 1 is 1.18 bits per heavy atom. The predicted molar refractivity (Wildman–Crippen MR) is 74.3 cm³/mol. The van der Waals surface area contributed by atoms with Crippen molar-refractivity contribution in [1.82, 2.24) is 10.3 Å². The van der Waals surface area contributed by atoms with Crippen molar-refractivity contribution in [3.05, 3.63) is 23.4 Å². The summed E-state index contributed by atoms with van der Waals surface area (Å²) in [6, 6.07) is 4.63. The summed E-state index contributed by atoms with van der Waals surface area (Å²) < 4.78 is 0. The average Bonchev–Trinajstić information content (AvgIpc) is 2.20. The molecule has 17 heavy (non-hydrogen) atoms. The van der Waals surface area contributed by atoms with Crippen LogP contribution in [-0.4, -0.2) is 17.6 Å². The molecule has 0 saturated heterocycles. The van der Waals surface area contributed by atoms with Gasteiger partial charge in [0, 0.05) is 18.3 Å². The number of aromatic nitrogens is 1. The first-order chi connectivity index (χ1) is 7.99. The standard InChI is InChI=1S/C14H25N3/c1-10(2)8-15-9-13-6-7-14(16-11(3)4)17-12(13)5/h6-7,10-11,15H,8-9H2,1-5H3,(H,16,17). The third kappa shape index (κ3) is 5.18. The molecule has 3 heteroatoms. The van der Waals surface area contributed by atoms with Crippen molar-refractivity contribution >= 4 is 5.82 Å². The van der Waals surface area contributed by atoms with E-state index in [4.69, 9.17) is 0 Å². The number of pyridine rings is 1. The van der Waals surface area contributed by atoms with E-state index in [0.717, 1.165) is 24.6 Å². The fourth-order valence-corrected chi connectivity index (χ4v) is 1.65. The summed E-state index contributed by atoms with van der Waals surface area (Å²) in [7, 11) is 0. The lowest BCUT2D eigenvalue weighted by molar-refractivity contribution is 0.551. The summed E-state index contributed by atoms with van der Waals surface area (Å²) in [6.45, 7) is 12.7. The Balaban J connectivity index is 2.57. The lowest BCUT2D eigenvalue weighted by atomic mass is 10.2. The molecule has 0 aliphatic rings. The Bertz CT molecular complexity index is 345. The highest BCUT2D eigenvalue weighted by Crippen LogP contribution is 2.11. The first-order valence-corrected chi connectivity index (χ1v) is 6.42. The maximum Gasteiger partial charge on any atom is 0.126 e. The summed E-state index contributed by atoms with van der Waals surface area (Å²) in [5, 5.41) is 6.76. The van der Waals surface area contributed by atoms with Crippen molar-refractivity contribution in [2.75, 3.05) is 11.9 Å². The number of aryl methyl sites for hydroxylation is 1. The largest absolute Gasteiger partial charge is 0.368 e.